The summed E-state index contributed by atoms with van der Waals surface area (Å²) in [5.41, 5.74) is 7.85. The lowest BCUT2D eigenvalue weighted by Crippen LogP contribution is -2.27. The second kappa shape index (κ2) is 12.5. The van der Waals surface area contributed by atoms with E-state index < -0.39 is 5.97 Å². The lowest BCUT2D eigenvalue weighted by molar-refractivity contribution is -0.141. The molecule has 0 radical (unpaired) electrons. The van der Waals surface area contributed by atoms with E-state index in [0.29, 0.717) is 71.7 Å². The molecule has 0 saturated carbocycles. The first kappa shape index (κ1) is 31.6. The lowest BCUT2D eigenvalue weighted by Gasteiger charge is -2.21. The van der Waals surface area contributed by atoms with Crippen LogP contribution in [0.25, 0.3) is 33.7 Å². The van der Waals surface area contributed by atoms with Gasteiger partial charge in [0.25, 0.3) is 5.91 Å². The number of halogens is 1. The van der Waals surface area contributed by atoms with Crippen molar-refractivity contribution in [2.75, 3.05) is 32.0 Å². The summed E-state index contributed by atoms with van der Waals surface area (Å²) in [7, 11) is 3.91. The average Bonchev–Trinajstić information content (AvgIpc) is 3.79. The van der Waals surface area contributed by atoms with Crippen molar-refractivity contribution in [3.05, 3.63) is 87.5 Å². The lowest BCUT2D eigenvalue weighted by atomic mass is 9.96. The Morgan fingerprint density at radius 1 is 1.10 bits per heavy atom. The Morgan fingerprint density at radius 2 is 1.88 bits per heavy atom. The van der Waals surface area contributed by atoms with Gasteiger partial charge in [0.05, 0.1) is 27.9 Å². The largest absolute Gasteiger partial charge is 0.481 e. The number of likely N-dealkylation sites (N-methyl/N-ethyl adjacent to an activating group) is 1. The Balaban J connectivity index is 1.17. The summed E-state index contributed by atoms with van der Waals surface area (Å²) in [5.74, 6) is -0.773. The number of benzene rings is 3. The molecule has 48 heavy (non-hydrogen) atoms. The molecule has 3 aromatic carbocycles. The molecule has 244 valence electrons. The van der Waals surface area contributed by atoms with Crippen LogP contribution in [0.5, 0.6) is 0 Å². The SMILES string of the molecule is Cc1c(-c2nc3cc(CN4CC[C@@H](C(=O)O)C4)cc(C#N)c3o2)cccc1-c1cccc(NC(=O)c2nc3c(n2C)CCN(C)C3)c1Cl. The fourth-order valence-electron chi connectivity index (χ4n) is 6.85. The minimum absolute atomic E-state index is 0.329. The van der Waals surface area contributed by atoms with Crippen molar-refractivity contribution >= 4 is 40.3 Å². The Morgan fingerprint density at radius 3 is 2.65 bits per heavy atom. The molecule has 11 nitrogen and oxygen atoms in total. The van der Waals surface area contributed by atoms with Crippen molar-refractivity contribution in [2.24, 2.45) is 13.0 Å². The van der Waals surface area contributed by atoms with Crippen LogP contribution in [-0.2, 0) is 31.4 Å². The number of rotatable bonds is 7. The molecule has 0 unspecified atom stereocenters. The number of carboxylic acid groups (broad SMARTS) is 1. The number of hydrogen-bond donors (Lipinski definition) is 2. The minimum atomic E-state index is -0.780. The number of aliphatic carboxylic acids is 1. The van der Waals surface area contributed by atoms with Gasteiger partial charge in [-0.2, -0.15) is 5.26 Å². The summed E-state index contributed by atoms with van der Waals surface area (Å²) in [5, 5.41) is 22.7. The van der Waals surface area contributed by atoms with Crippen LogP contribution in [-0.4, -0.2) is 68.0 Å². The van der Waals surface area contributed by atoms with Crippen molar-refractivity contribution < 1.29 is 19.1 Å². The second-order valence-corrected chi connectivity index (χ2v) is 13.0. The first-order valence-electron chi connectivity index (χ1n) is 15.8. The normalized spacial score (nSPS) is 16.6. The van der Waals surface area contributed by atoms with Crippen LogP contribution in [0.2, 0.25) is 5.02 Å². The summed E-state index contributed by atoms with van der Waals surface area (Å²) < 4.78 is 8.07. The van der Waals surface area contributed by atoms with E-state index in [9.17, 15) is 20.0 Å². The van der Waals surface area contributed by atoms with Gasteiger partial charge in [-0.05, 0) is 67.9 Å². The van der Waals surface area contributed by atoms with Gasteiger partial charge < -0.3 is 24.3 Å². The molecule has 2 aliphatic heterocycles. The van der Waals surface area contributed by atoms with Gasteiger partial charge in [-0.1, -0.05) is 35.9 Å². The van der Waals surface area contributed by atoms with Gasteiger partial charge in [-0.15, -0.1) is 0 Å². The highest BCUT2D eigenvalue weighted by Crippen LogP contribution is 2.39. The van der Waals surface area contributed by atoms with Gasteiger partial charge in [-0.25, -0.2) is 9.97 Å². The molecule has 2 aliphatic rings. The van der Waals surface area contributed by atoms with E-state index in [0.717, 1.165) is 52.2 Å². The molecular weight excluding hydrogens is 630 g/mol. The number of hydrogen-bond acceptors (Lipinski definition) is 8. The van der Waals surface area contributed by atoms with E-state index >= 15 is 0 Å². The Bertz CT molecular complexity index is 2150. The molecule has 4 heterocycles. The number of imidazole rings is 1. The van der Waals surface area contributed by atoms with Gasteiger partial charge in [0, 0.05) is 56.5 Å². The van der Waals surface area contributed by atoms with E-state index in [1.807, 2.05) is 62.0 Å². The number of fused-ring (bicyclic) bond motifs is 2. The highest BCUT2D eigenvalue weighted by atomic mass is 35.5. The summed E-state index contributed by atoms with van der Waals surface area (Å²) >= 11 is 6.96. The molecule has 1 saturated heterocycles. The zero-order valence-corrected chi connectivity index (χ0v) is 27.6. The van der Waals surface area contributed by atoms with Gasteiger partial charge >= 0.3 is 5.97 Å². The predicted octanol–water partition coefficient (Wildman–Crippen LogP) is 5.88. The highest BCUT2D eigenvalue weighted by Gasteiger charge is 2.29. The number of likely N-dealkylation sites (tertiary alicyclic amines) is 1. The number of nitriles is 1. The number of nitrogens with one attached hydrogen (secondary N) is 1. The van der Waals surface area contributed by atoms with Crippen molar-refractivity contribution in [3.63, 3.8) is 0 Å². The molecule has 2 N–H and O–H groups in total. The van der Waals surface area contributed by atoms with Crippen LogP contribution in [0.1, 0.15) is 45.1 Å². The molecule has 7 rings (SSSR count). The Hall–Kier alpha value is -5.02. The van der Waals surface area contributed by atoms with Gasteiger partial charge in [0.15, 0.2) is 11.4 Å². The maximum atomic E-state index is 13.4. The van der Waals surface area contributed by atoms with Gasteiger partial charge in [0.1, 0.15) is 11.6 Å². The topological polar surface area (TPSA) is 141 Å². The summed E-state index contributed by atoms with van der Waals surface area (Å²) in [4.78, 5) is 38.5. The molecule has 1 amide bonds. The quantitative estimate of drug-likeness (QED) is 0.219. The van der Waals surface area contributed by atoms with E-state index in [-0.39, 0.29) is 11.8 Å². The number of oxazole rings is 1. The number of carbonyl (C=O) groups is 2. The molecule has 12 heteroatoms. The first-order valence-corrected chi connectivity index (χ1v) is 16.2. The monoisotopic (exact) mass is 663 g/mol. The summed E-state index contributed by atoms with van der Waals surface area (Å²) in [6.07, 6.45) is 1.44. The van der Waals surface area contributed by atoms with Crippen LogP contribution in [0, 0.1) is 24.2 Å². The van der Waals surface area contributed by atoms with Crippen LogP contribution in [0.3, 0.4) is 0 Å². The predicted molar refractivity (Wildman–Crippen MR) is 182 cm³/mol. The van der Waals surface area contributed by atoms with E-state index in [4.69, 9.17) is 21.0 Å². The number of amides is 1. The average molecular weight is 664 g/mol. The van der Waals surface area contributed by atoms with Crippen molar-refractivity contribution in [2.45, 2.75) is 32.9 Å². The molecular formula is C36H34ClN7O4. The van der Waals surface area contributed by atoms with Gasteiger partial charge in [-0.3, -0.25) is 14.5 Å². The first-order chi connectivity index (χ1) is 23.1. The van der Waals surface area contributed by atoms with E-state index in [2.05, 4.69) is 26.2 Å². The maximum Gasteiger partial charge on any atom is 0.307 e. The van der Waals surface area contributed by atoms with Crippen LogP contribution >= 0.6 is 11.6 Å². The number of carboxylic acids is 1. The maximum absolute atomic E-state index is 13.4. The number of nitrogens with zero attached hydrogens (tertiary/aromatic N) is 6. The third-order valence-electron chi connectivity index (χ3n) is 9.45. The van der Waals surface area contributed by atoms with Crippen molar-refractivity contribution in [1.29, 1.82) is 5.26 Å². The second-order valence-electron chi connectivity index (χ2n) is 12.7. The van der Waals surface area contributed by atoms with E-state index in [1.54, 1.807) is 12.1 Å². The third-order valence-corrected chi connectivity index (χ3v) is 9.86. The summed E-state index contributed by atoms with van der Waals surface area (Å²) in [6, 6.07) is 17.2. The molecule has 0 bridgehead atoms. The number of aromatic nitrogens is 3. The standard InChI is InChI=1S/C36H34ClN7O4/c1-20-24(26-8-5-9-27(31(26)37)40-34(45)33-39-29-19-42(2)12-11-30(29)43(33)3)6-4-7-25(20)35-41-28-15-21(14-23(16-38)32(28)48-35)17-44-13-10-22(18-44)36(46)47/h4-9,14-15,22H,10-13,17-19H2,1-3H3,(H,40,45)(H,46,47)/t22-/m1/s1. The summed E-state index contributed by atoms with van der Waals surface area (Å²) in [6.45, 7) is 5.26. The van der Waals surface area contributed by atoms with E-state index in [1.165, 1.54) is 0 Å². The molecule has 1 atom stereocenters. The third kappa shape index (κ3) is 5.72. The van der Waals surface area contributed by atoms with Crippen molar-refractivity contribution in [1.82, 2.24) is 24.3 Å². The van der Waals surface area contributed by atoms with Crippen LogP contribution < -0.4 is 5.32 Å². The van der Waals surface area contributed by atoms with Crippen LogP contribution in [0.15, 0.2) is 52.9 Å². The molecule has 0 aliphatic carbocycles. The smallest absolute Gasteiger partial charge is 0.307 e. The van der Waals surface area contributed by atoms with Crippen LogP contribution in [0.4, 0.5) is 5.69 Å². The molecule has 5 aromatic rings. The number of carbonyl (C=O) groups excluding carboxylic acids is 1. The fraction of sp³-hybridized carbons (Fsp3) is 0.306. The van der Waals surface area contributed by atoms with Crippen molar-refractivity contribution in [3.8, 4) is 28.7 Å². The molecule has 2 aromatic heterocycles. The van der Waals surface area contributed by atoms with Gasteiger partial charge in [0.2, 0.25) is 5.89 Å². The fourth-order valence-corrected chi connectivity index (χ4v) is 7.13. The highest BCUT2D eigenvalue weighted by molar-refractivity contribution is 6.36. The zero-order chi connectivity index (χ0) is 33.7. The number of anilines is 1. The molecule has 1 fully saturated rings. The Kier molecular flexibility index (Phi) is 8.25. The minimum Gasteiger partial charge on any atom is -0.481 e. The zero-order valence-electron chi connectivity index (χ0n) is 26.9. The Labute approximate surface area is 282 Å². The molecule has 0 spiro atoms.